The summed E-state index contributed by atoms with van der Waals surface area (Å²) in [5, 5.41) is 0. The van der Waals surface area contributed by atoms with E-state index in [-0.39, 0.29) is 0 Å². The molecule has 3 unspecified atom stereocenters. The summed E-state index contributed by atoms with van der Waals surface area (Å²) in [7, 11) is 0. The van der Waals surface area contributed by atoms with Gasteiger partial charge in [-0.3, -0.25) is 11.3 Å². The van der Waals surface area contributed by atoms with Crippen molar-refractivity contribution in [2.45, 2.75) is 50.5 Å². The molecule has 1 fully saturated rings. The van der Waals surface area contributed by atoms with Crippen LogP contribution in [0.1, 0.15) is 50.0 Å². The Kier molecular flexibility index (Phi) is 4.00. The second-order valence-electron chi connectivity index (χ2n) is 6.00. The predicted molar refractivity (Wildman–Crippen MR) is 79.6 cm³/mol. The van der Waals surface area contributed by atoms with Gasteiger partial charge in [-0.15, -0.1) is 0 Å². The van der Waals surface area contributed by atoms with Crippen molar-refractivity contribution in [3.05, 3.63) is 47.5 Å². The highest BCUT2D eigenvalue weighted by Crippen LogP contribution is 2.50. The number of nitrogens with two attached hydrogens (primary N) is 1. The Hall–Kier alpha value is -1.12. The minimum atomic E-state index is 0.453. The molecule has 3 rings (SSSR count). The number of hydrogen-bond donors (Lipinski definition) is 2. The molecule has 0 radical (unpaired) electrons. The fraction of sp³-hybridized carbons (Fsp3) is 0.529. The third kappa shape index (κ3) is 3.07. The predicted octanol–water partition coefficient (Wildman–Crippen LogP) is 3.51. The Morgan fingerprint density at radius 2 is 2.05 bits per heavy atom. The highest BCUT2D eigenvalue weighted by Gasteiger charge is 2.43. The maximum atomic E-state index is 5.79. The first kappa shape index (κ1) is 12.9. The molecule has 0 amide bonds. The molecule has 19 heavy (non-hydrogen) atoms. The van der Waals surface area contributed by atoms with Crippen molar-refractivity contribution in [2.75, 3.05) is 0 Å². The summed E-state index contributed by atoms with van der Waals surface area (Å²) in [5.74, 6) is 7.23. The van der Waals surface area contributed by atoms with Gasteiger partial charge in [-0.2, -0.15) is 0 Å². The maximum absolute atomic E-state index is 5.79. The molecule has 1 aromatic rings. The van der Waals surface area contributed by atoms with E-state index in [9.17, 15) is 0 Å². The van der Waals surface area contributed by atoms with E-state index in [2.05, 4.69) is 41.8 Å². The van der Waals surface area contributed by atoms with E-state index in [1.165, 1.54) is 37.7 Å². The summed E-state index contributed by atoms with van der Waals surface area (Å²) in [6, 6.07) is 11.3. The van der Waals surface area contributed by atoms with Crippen LogP contribution in [-0.2, 0) is 0 Å². The molecule has 2 aliphatic rings. The van der Waals surface area contributed by atoms with Gasteiger partial charge in [0.25, 0.3) is 0 Å². The monoisotopic (exact) mass is 256 g/mol. The number of benzene rings is 1. The molecule has 2 heteroatoms. The Labute approximate surface area is 116 Å². The molecule has 2 aliphatic carbocycles. The fourth-order valence-electron chi connectivity index (χ4n) is 3.45. The van der Waals surface area contributed by atoms with Crippen molar-refractivity contribution < 1.29 is 0 Å². The minimum absolute atomic E-state index is 0.453. The highest BCUT2D eigenvalue weighted by molar-refractivity contribution is 5.27. The number of nitrogens with one attached hydrogen (secondary N) is 1. The molecule has 1 aromatic carbocycles. The van der Waals surface area contributed by atoms with Crippen LogP contribution in [0.5, 0.6) is 0 Å². The van der Waals surface area contributed by atoms with Gasteiger partial charge in [0.2, 0.25) is 0 Å². The number of hydrazine groups is 1. The number of hydrogen-bond acceptors (Lipinski definition) is 2. The van der Waals surface area contributed by atoms with Crippen LogP contribution >= 0.6 is 0 Å². The lowest BCUT2D eigenvalue weighted by Crippen LogP contribution is -2.37. The molecule has 0 heterocycles. The van der Waals surface area contributed by atoms with Gasteiger partial charge in [-0.05, 0) is 55.9 Å². The Balaban J connectivity index is 1.60. The first-order chi connectivity index (χ1) is 9.38. The van der Waals surface area contributed by atoms with Gasteiger partial charge >= 0.3 is 0 Å². The van der Waals surface area contributed by atoms with Crippen LogP contribution in [0, 0.1) is 5.92 Å². The number of allylic oxidation sites excluding steroid dienone is 1. The maximum Gasteiger partial charge on any atom is 0.0281 e. The molecule has 0 spiro atoms. The van der Waals surface area contributed by atoms with Gasteiger partial charge < -0.3 is 0 Å². The zero-order chi connectivity index (χ0) is 13.1. The molecule has 0 aliphatic heterocycles. The van der Waals surface area contributed by atoms with E-state index >= 15 is 0 Å². The Morgan fingerprint density at radius 1 is 1.21 bits per heavy atom. The van der Waals surface area contributed by atoms with E-state index in [4.69, 9.17) is 5.84 Å². The second kappa shape index (κ2) is 5.89. The van der Waals surface area contributed by atoms with Crippen LogP contribution in [-0.4, -0.2) is 6.04 Å². The lowest BCUT2D eigenvalue weighted by atomic mass is 9.92. The van der Waals surface area contributed by atoms with Gasteiger partial charge in [-0.25, -0.2) is 0 Å². The third-order valence-electron chi connectivity index (χ3n) is 4.67. The second-order valence-corrected chi connectivity index (χ2v) is 6.00. The summed E-state index contributed by atoms with van der Waals surface area (Å²) in [5.41, 5.74) is 6.17. The summed E-state index contributed by atoms with van der Waals surface area (Å²) in [4.78, 5) is 0. The molecule has 2 nitrogen and oxygen atoms in total. The highest BCUT2D eigenvalue weighted by atomic mass is 15.2. The Bertz CT molecular complexity index is 438. The Morgan fingerprint density at radius 3 is 2.74 bits per heavy atom. The normalized spacial score (nSPS) is 27.7. The van der Waals surface area contributed by atoms with E-state index in [0.717, 1.165) is 12.3 Å². The van der Waals surface area contributed by atoms with Crippen molar-refractivity contribution in [1.29, 1.82) is 0 Å². The fourth-order valence-corrected chi connectivity index (χ4v) is 3.45. The van der Waals surface area contributed by atoms with E-state index < -0.39 is 0 Å². The van der Waals surface area contributed by atoms with Crippen LogP contribution in [0.15, 0.2) is 42.0 Å². The first-order valence-corrected chi connectivity index (χ1v) is 7.57. The molecule has 3 N–H and O–H groups in total. The minimum Gasteiger partial charge on any atom is -0.271 e. The largest absolute Gasteiger partial charge is 0.271 e. The van der Waals surface area contributed by atoms with Crippen molar-refractivity contribution in [1.82, 2.24) is 5.43 Å². The van der Waals surface area contributed by atoms with E-state index in [1.54, 1.807) is 5.57 Å². The molecule has 102 valence electrons. The average Bonchev–Trinajstić information content (AvgIpc) is 3.27. The zero-order valence-electron chi connectivity index (χ0n) is 11.5. The summed E-state index contributed by atoms with van der Waals surface area (Å²) >= 11 is 0. The van der Waals surface area contributed by atoms with Crippen molar-refractivity contribution in [3.63, 3.8) is 0 Å². The first-order valence-electron chi connectivity index (χ1n) is 7.57. The van der Waals surface area contributed by atoms with Crippen LogP contribution < -0.4 is 11.3 Å². The van der Waals surface area contributed by atoms with Gasteiger partial charge in [0.05, 0.1) is 0 Å². The average molecular weight is 256 g/mol. The summed E-state index contributed by atoms with van der Waals surface area (Å²) < 4.78 is 0. The molecular weight excluding hydrogens is 232 g/mol. The van der Waals surface area contributed by atoms with Gasteiger partial charge in [0.1, 0.15) is 0 Å². The van der Waals surface area contributed by atoms with Gasteiger partial charge in [-0.1, -0.05) is 42.0 Å². The lowest BCUT2D eigenvalue weighted by molar-refractivity contribution is 0.453. The van der Waals surface area contributed by atoms with Crippen LogP contribution in [0.4, 0.5) is 0 Å². The zero-order valence-corrected chi connectivity index (χ0v) is 11.5. The lowest BCUT2D eigenvalue weighted by Gasteiger charge is -2.20. The molecule has 0 bridgehead atoms. The van der Waals surface area contributed by atoms with E-state index in [1.807, 2.05) is 0 Å². The topological polar surface area (TPSA) is 38.0 Å². The molecular formula is C17H24N2. The standard InChI is InChI=1S/C17H24N2/c18-19-17(11-13-7-3-1-4-8-13)16-12-15(16)14-9-5-2-6-10-14/h2,5-7,9-10,15-17,19H,1,3-4,8,11-12,18H2. The number of rotatable bonds is 5. The molecule has 0 saturated heterocycles. The quantitative estimate of drug-likeness (QED) is 0.480. The van der Waals surface area contributed by atoms with Crippen molar-refractivity contribution >= 4 is 0 Å². The van der Waals surface area contributed by atoms with Gasteiger partial charge in [0.15, 0.2) is 0 Å². The van der Waals surface area contributed by atoms with Crippen LogP contribution in [0.3, 0.4) is 0 Å². The van der Waals surface area contributed by atoms with Gasteiger partial charge in [0, 0.05) is 6.04 Å². The smallest absolute Gasteiger partial charge is 0.0281 e. The van der Waals surface area contributed by atoms with Crippen LogP contribution in [0.25, 0.3) is 0 Å². The third-order valence-corrected chi connectivity index (χ3v) is 4.67. The molecule has 3 atom stereocenters. The SMILES string of the molecule is NNC(CC1=CCCCC1)C1CC1c1ccccc1. The van der Waals surface area contributed by atoms with E-state index in [0.29, 0.717) is 12.0 Å². The summed E-state index contributed by atoms with van der Waals surface area (Å²) in [6.07, 6.45) is 10.1. The van der Waals surface area contributed by atoms with Crippen molar-refractivity contribution in [2.24, 2.45) is 11.8 Å². The molecule has 1 saturated carbocycles. The molecule has 0 aromatic heterocycles. The van der Waals surface area contributed by atoms with Crippen LogP contribution in [0.2, 0.25) is 0 Å². The van der Waals surface area contributed by atoms with Crippen molar-refractivity contribution in [3.8, 4) is 0 Å². The summed E-state index contributed by atoms with van der Waals surface area (Å²) in [6.45, 7) is 0.